The molecule has 1 aliphatic heterocycles. The van der Waals surface area contributed by atoms with Gasteiger partial charge in [-0.15, -0.1) is 5.10 Å². The van der Waals surface area contributed by atoms with Crippen molar-refractivity contribution in [3.05, 3.63) is 48.2 Å². The number of ether oxygens (including phenoxy) is 1. The first-order valence-electron chi connectivity index (χ1n) is 8.32. The number of benzene rings is 1. The van der Waals surface area contributed by atoms with E-state index in [1.807, 2.05) is 12.1 Å². The molecule has 25 heavy (non-hydrogen) atoms. The summed E-state index contributed by atoms with van der Waals surface area (Å²) in [5, 5.41) is 7.64. The van der Waals surface area contributed by atoms with Crippen molar-refractivity contribution >= 4 is 10.0 Å². The number of hydrogen-bond acceptors (Lipinski definition) is 5. The summed E-state index contributed by atoms with van der Waals surface area (Å²) < 4.78 is 32.9. The Labute approximate surface area is 148 Å². The van der Waals surface area contributed by atoms with Crippen molar-refractivity contribution in [3.63, 3.8) is 0 Å². The molecule has 0 spiro atoms. The van der Waals surface area contributed by atoms with Gasteiger partial charge in [-0.3, -0.25) is 0 Å². The van der Waals surface area contributed by atoms with Crippen molar-refractivity contribution in [2.24, 2.45) is 0 Å². The maximum atomic E-state index is 12.8. The lowest BCUT2D eigenvalue weighted by Crippen LogP contribution is -2.31. The SMILES string of the molecule is CC(C)(C)c1ccc(S(=O)(=O)N2CCC(Oc3cccnn3)C2)cc1. The van der Waals surface area contributed by atoms with E-state index in [0.29, 0.717) is 30.3 Å². The van der Waals surface area contributed by atoms with Gasteiger partial charge in [0.15, 0.2) is 0 Å². The van der Waals surface area contributed by atoms with Gasteiger partial charge >= 0.3 is 0 Å². The summed E-state index contributed by atoms with van der Waals surface area (Å²) in [6.45, 7) is 7.07. The highest BCUT2D eigenvalue weighted by Gasteiger charge is 2.34. The molecule has 0 radical (unpaired) electrons. The van der Waals surface area contributed by atoms with Gasteiger partial charge in [0.25, 0.3) is 0 Å². The van der Waals surface area contributed by atoms with Crippen molar-refractivity contribution in [2.45, 2.75) is 43.6 Å². The van der Waals surface area contributed by atoms with E-state index < -0.39 is 10.0 Å². The lowest BCUT2D eigenvalue weighted by Gasteiger charge is -2.20. The summed E-state index contributed by atoms with van der Waals surface area (Å²) in [6, 6.07) is 10.6. The van der Waals surface area contributed by atoms with Crippen LogP contribution in [0.4, 0.5) is 0 Å². The number of hydrogen-bond donors (Lipinski definition) is 0. The standard InChI is InChI=1S/C18H23N3O3S/c1-18(2,3)14-6-8-16(9-7-14)25(22,23)21-12-10-15(13-21)24-17-5-4-11-19-20-17/h4-9,11,15H,10,12-13H2,1-3H3. The van der Waals surface area contributed by atoms with Gasteiger partial charge in [-0.2, -0.15) is 9.40 Å². The predicted octanol–water partition coefficient (Wildman–Crippen LogP) is 2.62. The zero-order valence-corrected chi connectivity index (χ0v) is 15.5. The molecule has 0 saturated carbocycles. The first-order chi connectivity index (χ1) is 11.8. The van der Waals surface area contributed by atoms with Crippen molar-refractivity contribution in [1.82, 2.24) is 14.5 Å². The van der Waals surface area contributed by atoms with Crippen LogP contribution in [0.25, 0.3) is 0 Å². The fraction of sp³-hybridized carbons (Fsp3) is 0.444. The topological polar surface area (TPSA) is 72.4 Å². The van der Waals surface area contributed by atoms with Crippen LogP contribution < -0.4 is 4.74 Å². The van der Waals surface area contributed by atoms with Gasteiger partial charge in [0.2, 0.25) is 15.9 Å². The van der Waals surface area contributed by atoms with Gasteiger partial charge in [-0.1, -0.05) is 32.9 Å². The minimum Gasteiger partial charge on any atom is -0.472 e. The van der Waals surface area contributed by atoms with E-state index in [-0.39, 0.29) is 11.5 Å². The Kier molecular flexibility index (Phi) is 4.79. The summed E-state index contributed by atoms with van der Waals surface area (Å²) >= 11 is 0. The smallest absolute Gasteiger partial charge is 0.243 e. The Balaban J connectivity index is 1.71. The molecule has 3 rings (SSSR count). The molecule has 1 unspecified atom stereocenters. The zero-order valence-electron chi connectivity index (χ0n) is 14.7. The maximum absolute atomic E-state index is 12.8. The molecule has 0 aliphatic carbocycles. The highest BCUT2D eigenvalue weighted by atomic mass is 32.2. The lowest BCUT2D eigenvalue weighted by molar-refractivity contribution is 0.204. The average molecular weight is 361 g/mol. The molecule has 0 N–H and O–H groups in total. The highest BCUT2D eigenvalue weighted by Crippen LogP contribution is 2.27. The fourth-order valence-corrected chi connectivity index (χ4v) is 4.30. The van der Waals surface area contributed by atoms with Crippen LogP contribution in [-0.4, -0.2) is 42.1 Å². The monoisotopic (exact) mass is 361 g/mol. The van der Waals surface area contributed by atoms with E-state index in [9.17, 15) is 8.42 Å². The van der Waals surface area contributed by atoms with E-state index >= 15 is 0 Å². The van der Waals surface area contributed by atoms with Gasteiger partial charge in [0.05, 0.1) is 11.4 Å². The molecule has 0 bridgehead atoms. The third-order valence-corrected chi connectivity index (χ3v) is 6.18. The number of rotatable bonds is 4. The molecular weight excluding hydrogens is 338 g/mol. The Morgan fingerprint density at radius 2 is 1.88 bits per heavy atom. The van der Waals surface area contributed by atoms with E-state index in [4.69, 9.17) is 4.74 Å². The molecule has 1 aromatic heterocycles. The molecule has 1 saturated heterocycles. The average Bonchev–Trinajstić information content (AvgIpc) is 3.04. The second-order valence-corrected chi connectivity index (χ2v) is 9.17. The summed E-state index contributed by atoms with van der Waals surface area (Å²) in [7, 11) is -3.51. The Morgan fingerprint density at radius 1 is 1.16 bits per heavy atom. The van der Waals surface area contributed by atoms with Gasteiger partial charge < -0.3 is 4.74 Å². The first-order valence-corrected chi connectivity index (χ1v) is 9.76. The van der Waals surface area contributed by atoms with Crippen LogP contribution in [0.3, 0.4) is 0 Å². The van der Waals surface area contributed by atoms with Gasteiger partial charge in [-0.05, 0) is 35.6 Å². The molecule has 1 aromatic carbocycles. The third-order valence-electron chi connectivity index (χ3n) is 4.30. The summed E-state index contributed by atoms with van der Waals surface area (Å²) in [6.07, 6.45) is 2.00. The van der Waals surface area contributed by atoms with Crippen LogP contribution in [0.2, 0.25) is 0 Å². The van der Waals surface area contributed by atoms with Crippen molar-refractivity contribution in [3.8, 4) is 5.88 Å². The Morgan fingerprint density at radius 3 is 2.48 bits per heavy atom. The molecule has 7 heteroatoms. The third kappa shape index (κ3) is 3.99. The van der Waals surface area contributed by atoms with Crippen LogP contribution >= 0.6 is 0 Å². The molecule has 0 amide bonds. The van der Waals surface area contributed by atoms with Crippen LogP contribution in [0.1, 0.15) is 32.8 Å². The second kappa shape index (κ2) is 6.72. The fourth-order valence-electron chi connectivity index (χ4n) is 2.81. The molecule has 1 fully saturated rings. The lowest BCUT2D eigenvalue weighted by atomic mass is 9.87. The minimum atomic E-state index is -3.51. The van der Waals surface area contributed by atoms with Gasteiger partial charge in [0, 0.05) is 18.8 Å². The molecule has 6 nitrogen and oxygen atoms in total. The van der Waals surface area contributed by atoms with Crippen molar-refractivity contribution in [2.75, 3.05) is 13.1 Å². The first kappa shape index (κ1) is 17.8. The van der Waals surface area contributed by atoms with Crippen LogP contribution in [0, 0.1) is 0 Å². The van der Waals surface area contributed by atoms with E-state index in [2.05, 4.69) is 31.0 Å². The maximum Gasteiger partial charge on any atom is 0.243 e. The molecule has 2 heterocycles. The number of sulfonamides is 1. The van der Waals surface area contributed by atoms with Crippen LogP contribution in [0.15, 0.2) is 47.5 Å². The van der Waals surface area contributed by atoms with Gasteiger partial charge in [-0.25, -0.2) is 8.42 Å². The summed E-state index contributed by atoms with van der Waals surface area (Å²) in [4.78, 5) is 0.320. The van der Waals surface area contributed by atoms with E-state index in [0.717, 1.165) is 5.56 Å². The summed E-state index contributed by atoms with van der Waals surface area (Å²) in [5.74, 6) is 0.418. The molecule has 134 valence electrons. The molecule has 2 aromatic rings. The molecule has 1 aliphatic rings. The molecule has 1 atom stereocenters. The molecular formula is C18H23N3O3S. The van der Waals surface area contributed by atoms with Crippen molar-refractivity contribution < 1.29 is 13.2 Å². The van der Waals surface area contributed by atoms with E-state index in [1.165, 1.54) is 4.31 Å². The zero-order chi connectivity index (χ0) is 18.1. The minimum absolute atomic E-state index is 0.00834. The normalized spacial score (nSPS) is 19.1. The van der Waals surface area contributed by atoms with Gasteiger partial charge in [0.1, 0.15) is 6.10 Å². The Bertz CT molecular complexity index is 815. The van der Waals surface area contributed by atoms with Crippen molar-refractivity contribution in [1.29, 1.82) is 0 Å². The largest absolute Gasteiger partial charge is 0.472 e. The summed E-state index contributed by atoms with van der Waals surface area (Å²) in [5.41, 5.74) is 1.10. The van der Waals surface area contributed by atoms with Crippen LogP contribution in [0.5, 0.6) is 5.88 Å². The highest BCUT2D eigenvalue weighted by molar-refractivity contribution is 7.89. The van der Waals surface area contributed by atoms with E-state index in [1.54, 1.807) is 30.5 Å². The number of nitrogens with zero attached hydrogens (tertiary/aromatic N) is 3. The quantitative estimate of drug-likeness (QED) is 0.837. The second-order valence-electron chi connectivity index (χ2n) is 7.23. The van der Waals surface area contributed by atoms with Crippen LogP contribution in [-0.2, 0) is 15.4 Å². The number of aromatic nitrogens is 2. The predicted molar refractivity (Wildman–Crippen MR) is 95.0 cm³/mol. The Hall–Kier alpha value is -1.99.